The van der Waals surface area contributed by atoms with Crippen LogP contribution in [0.25, 0.3) is 60.9 Å². The molecule has 1 aromatic heterocycles. The summed E-state index contributed by atoms with van der Waals surface area (Å²) in [5.74, 6) is 0. The van der Waals surface area contributed by atoms with Crippen LogP contribution in [0.1, 0.15) is 47.2 Å². The van der Waals surface area contributed by atoms with Crippen LogP contribution in [0.3, 0.4) is 0 Å². The predicted molar refractivity (Wildman–Crippen MR) is 259 cm³/mol. The van der Waals surface area contributed by atoms with Crippen LogP contribution in [0.4, 0.5) is 17.1 Å². The van der Waals surface area contributed by atoms with E-state index in [1.54, 1.807) is 0 Å². The molecular weight excluding hydrogens is 749 g/mol. The minimum Gasteiger partial charge on any atom is -0.310 e. The normalized spacial score (nSPS) is 14.7. The predicted octanol–water partition coefficient (Wildman–Crippen LogP) is 15.3. The molecule has 0 fully saturated rings. The molecular formula is C60H44N2. The molecule has 294 valence electrons. The Bertz CT molecular complexity index is 3430. The maximum atomic E-state index is 2.52. The largest absolute Gasteiger partial charge is 0.310 e. The van der Waals surface area contributed by atoms with Gasteiger partial charge in [-0.05, 0) is 140 Å². The summed E-state index contributed by atoms with van der Waals surface area (Å²) < 4.78 is 2.42. The lowest BCUT2D eigenvalue weighted by atomic mass is 9.75. The first-order chi connectivity index (χ1) is 30.5. The Morgan fingerprint density at radius 1 is 0.387 bits per heavy atom. The van der Waals surface area contributed by atoms with Gasteiger partial charge in [0.1, 0.15) is 0 Å². The third-order valence-electron chi connectivity index (χ3n) is 14.6. The molecule has 1 heterocycles. The number of para-hydroxylation sites is 2. The van der Waals surface area contributed by atoms with Gasteiger partial charge in [0.15, 0.2) is 0 Å². The summed E-state index contributed by atoms with van der Waals surface area (Å²) in [5.41, 5.74) is 23.3. The van der Waals surface area contributed by atoms with Gasteiger partial charge in [-0.3, -0.25) is 0 Å². The molecule has 0 amide bonds. The fraction of sp³-hybridized carbons (Fsp3) is 0.100. The highest BCUT2D eigenvalue weighted by Gasteiger charge is 2.47. The number of aromatic nitrogens is 1. The molecule has 0 radical (unpaired) electrons. The molecule has 0 saturated carbocycles. The highest BCUT2D eigenvalue weighted by molar-refractivity contribution is 6.10. The second-order valence-electron chi connectivity index (χ2n) is 18.2. The Labute approximate surface area is 363 Å². The highest BCUT2D eigenvalue weighted by atomic mass is 15.1. The van der Waals surface area contributed by atoms with Crippen molar-refractivity contribution in [2.75, 3.05) is 4.90 Å². The standard InChI is InChI=1S/C60H44N2/c1-59(2)53-24-11-8-22-48(53)52-35-45(29-32-54(52)59)61(46-28-31-51-50-23-10-13-26-57(50)62(58(51)36-46)43-18-4-3-5-19-43)44-20-14-17-39(33-44)40-27-30-49-47-21-9-12-25-55(47)60(56(49)34-40)37-41-15-6-7-16-42(41)38-60/h3-36H,37-38H2,1-2H3. The fourth-order valence-corrected chi connectivity index (χ4v) is 11.7. The molecule has 0 bridgehead atoms. The van der Waals surface area contributed by atoms with Crippen LogP contribution in [-0.4, -0.2) is 4.57 Å². The third kappa shape index (κ3) is 4.98. The zero-order valence-corrected chi connectivity index (χ0v) is 34.9. The van der Waals surface area contributed by atoms with Gasteiger partial charge in [0, 0.05) is 44.4 Å². The number of hydrogen-bond acceptors (Lipinski definition) is 1. The van der Waals surface area contributed by atoms with Gasteiger partial charge in [-0.2, -0.15) is 0 Å². The fourth-order valence-electron chi connectivity index (χ4n) is 11.7. The summed E-state index contributed by atoms with van der Waals surface area (Å²) in [6, 6.07) is 77.4. The Kier molecular flexibility index (Phi) is 7.43. The van der Waals surface area contributed by atoms with Crippen molar-refractivity contribution in [3.05, 3.63) is 240 Å². The van der Waals surface area contributed by atoms with E-state index < -0.39 is 0 Å². The quantitative estimate of drug-likeness (QED) is 0.169. The van der Waals surface area contributed by atoms with Gasteiger partial charge in [0.05, 0.1) is 11.0 Å². The van der Waals surface area contributed by atoms with Crippen molar-refractivity contribution in [1.29, 1.82) is 0 Å². The van der Waals surface area contributed by atoms with E-state index in [1.807, 2.05) is 0 Å². The van der Waals surface area contributed by atoms with E-state index in [1.165, 1.54) is 88.6 Å². The maximum absolute atomic E-state index is 2.52. The molecule has 9 aromatic carbocycles. The summed E-state index contributed by atoms with van der Waals surface area (Å²) in [6.45, 7) is 4.72. The Hall–Kier alpha value is -7.42. The topological polar surface area (TPSA) is 8.17 Å². The third-order valence-corrected chi connectivity index (χ3v) is 14.6. The molecule has 62 heavy (non-hydrogen) atoms. The van der Waals surface area contributed by atoms with E-state index in [0.29, 0.717) is 0 Å². The Morgan fingerprint density at radius 2 is 0.984 bits per heavy atom. The first kappa shape index (κ1) is 35.3. The monoisotopic (exact) mass is 792 g/mol. The average molecular weight is 793 g/mol. The smallest absolute Gasteiger partial charge is 0.0561 e. The van der Waals surface area contributed by atoms with Crippen molar-refractivity contribution in [3.8, 4) is 39.1 Å². The minimum atomic E-state index is -0.0734. The van der Waals surface area contributed by atoms with Gasteiger partial charge in [0.25, 0.3) is 0 Å². The highest BCUT2D eigenvalue weighted by Crippen LogP contribution is 2.56. The van der Waals surface area contributed by atoms with E-state index >= 15 is 0 Å². The molecule has 0 N–H and O–H groups in total. The molecule has 0 saturated heterocycles. The number of fused-ring (bicyclic) bond motifs is 12. The Balaban J connectivity index is 1.00. The van der Waals surface area contributed by atoms with Crippen LogP contribution in [0.15, 0.2) is 206 Å². The van der Waals surface area contributed by atoms with Crippen molar-refractivity contribution < 1.29 is 0 Å². The maximum Gasteiger partial charge on any atom is 0.0561 e. The van der Waals surface area contributed by atoms with Crippen molar-refractivity contribution in [2.24, 2.45) is 0 Å². The molecule has 0 unspecified atom stereocenters. The minimum absolute atomic E-state index is 0.0592. The number of anilines is 3. The zero-order valence-electron chi connectivity index (χ0n) is 34.9. The number of rotatable bonds is 5. The molecule has 3 aliphatic carbocycles. The van der Waals surface area contributed by atoms with E-state index in [9.17, 15) is 0 Å². The number of benzene rings is 9. The number of hydrogen-bond donors (Lipinski definition) is 0. The van der Waals surface area contributed by atoms with Gasteiger partial charge < -0.3 is 9.47 Å². The van der Waals surface area contributed by atoms with Gasteiger partial charge >= 0.3 is 0 Å². The van der Waals surface area contributed by atoms with Gasteiger partial charge in [-0.15, -0.1) is 0 Å². The van der Waals surface area contributed by atoms with Crippen LogP contribution < -0.4 is 4.90 Å². The first-order valence-corrected chi connectivity index (χ1v) is 22.0. The first-order valence-electron chi connectivity index (χ1n) is 22.0. The average Bonchev–Trinajstić information content (AvgIpc) is 4.02. The lowest BCUT2D eigenvalue weighted by Gasteiger charge is -2.28. The number of nitrogens with zero attached hydrogens (tertiary/aromatic N) is 2. The molecule has 3 aliphatic rings. The van der Waals surface area contributed by atoms with Crippen LogP contribution in [0, 0.1) is 0 Å². The van der Waals surface area contributed by atoms with Crippen molar-refractivity contribution >= 4 is 38.9 Å². The zero-order chi connectivity index (χ0) is 41.2. The molecule has 13 rings (SSSR count). The van der Waals surface area contributed by atoms with Crippen LogP contribution in [0.2, 0.25) is 0 Å². The lowest BCUT2D eigenvalue weighted by molar-refractivity contribution is 0.564. The van der Waals surface area contributed by atoms with Crippen LogP contribution in [0.5, 0.6) is 0 Å². The van der Waals surface area contributed by atoms with E-state index in [0.717, 1.165) is 35.6 Å². The second-order valence-corrected chi connectivity index (χ2v) is 18.2. The summed E-state index contributed by atoms with van der Waals surface area (Å²) in [4.78, 5) is 2.47. The van der Waals surface area contributed by atoms with Gasteiger partial charge in [-0.1, -0.05) is 159 Å². The van der Waals surface area contributed by atoms with Crippen LogP contribution >= 0.6 is 0 Å². The molecule has 2 heteroatoms. The summed E-state index contributed by atoms with van der Waals surface area (Å²) in [6.07, 6.45) is 2.07. The van der Waals surface area contributed by atoms with Gasteiger partial charge in [-0.25, -0.2) is 0 Å². The lowest BCUT2D eigenvalue weighted by Crippen LogP contribution is -2.25. The Morgan fingerprint density at radius 3 is 1.81 bits per heavy atom. The van der Waals surface area contributed by atoms with E-state index in [2.05, 4.69) is 230 Å². The van der Waals surface area contributed by atoms with Gasteiger partial charge in [0.2, 0.25) is 0 Å². The van der Waals surface area contributed by atoms with Crippen molar-refractivity contribution in [1.82, 2.24) is 4.57 Å². The summed E-state index contributed by atoms with van der Waals surface area (Å²) >= 11 is 0. The molecule has 1 spiro atoms. The van der Waals surface area contributed by atoms with Crippen molar-refractivity contribution in [2.45, 2.75) is 37.5 Å². The molecule has 0 aliphatic heterocycles. The SMILES string of the molecule is CC1(C)c2ccccc2-c2cc(N(c3cccc(-c4ccc5c(c4)C4(Cc6ccccc6C4)c4ccccc4-5)c3)c3ccc4c5ccccc5n(-c5ccccc5)c4c3)ccc21. The van der Waals surface area contributed by atoms with E-state index in [4.69, 9.17) is 0 Å². The van der Waals surface area contributed by atoms with E-state index in [-0.39, 0.29) is 10.8 Å². The molecule has 0 atom stereocenters. The second kappa shape index (κ2) is 13.0. The summed E-state index contributed by atoms with van der Waals surface area (Å²) in [5, 5.41) is 2.50. The molecule has 10 aromatic rings. The molecule has 2 nitrogen and oxygen atoms in total. The van der Waals surface area contributed by atoms with Crippen LogP contribution in [-0.2, 0) is 23.7 Å². The summed E-state index contributed by atoms with van der Waals surface area (Å²) in [7, 11) is 0. The van der Waals surface area contributed by atoms with Crippen molar-refractivity contribution in [3.63, 3.8) is 0 Å².